The molecule has 7 heteroatoms. The number of nitrogens with one attached hydrogen (secondary N) is 1. The number of nitrogen functional groups attached to an aromatic ring is 1. The normalized spacial score (nSPS) is 15.2. The summed E-state index contributed by atoms with van der Waals surface area (Å²) >= 11 is 1.20. The zero-order valence-electron chi connectivity index (χ0n) is 12.1. The lowest BCUT2D eigenvalue weighted by Crippen LogP contribution is -2.39. The van der Waals surface area contributed by atoms with Crippen LogP contribution in [0.15, 0.2) is 0 Å². The van der Waals surface area contributed by atoms with Crippen molar-refractivity contribution in [2.45, 2.75) is 45.3 Å². The number of carbonyl (C=O) groups excluding carboxylic acids is 1. The predicted molar refractivity (Wildman–Crippen MR) is 81.2 cm³/mol. The van der Waals surface area contributed by atoms with E-state index in [2.05, 4.69) is 9.69 Å². The molecule has 1 aromatic heterocycles. The van der Waals surface area contributed by atoms with Gasteiger partial charge in [0.15, 0.2) is 5.82 Å². The van der Waals surface area contributed by atoms with E-state index in [0.717, 1.165) is 17.8 Å². The number of anilines is 2. The quantitative estimate of drug-likeness (QED) is 0.734. The van der Waals surface area contributed by atoms with Gasteiger partial charge < -0.3 is 21.1 Å². The number of nitrogens with zero attached hydrogens (tertiary/aromatic N) is 2. The molecule has 0 saturated heterocycles. The molecule has 1 heterocycles. The molecular formula is C13H22N4O2S. The molecular weight excluding hydrogens is 276 g/mol. The van der Waals surface area contributed by atoms with E-state index in [4.69, 9.17) is 5.73 Å². The van der Waals surface area contributed by atoms with Crippen LogP contribution >= 0.6 is 11.5 Å². The number of rotatable bonds is 6. The highest BCUT2D eigenvalue weighted by atomic mass is 32.1. The minimum Gasteiger partial charge on any atom is -0.389 e. The lowest BCUT2D eigenvalue weighted by molar-refractivity contribution is 0.0871. The van der Waals surface area contributed by atoms with Gasteiger partial charge >= 0.3 is 0 Å². The highest BCUT2D eigenvalue weighted by molar-refractivity contribution is 7.11. The molecule has 1 fully saturated rings. The standard InChI is InChI=1S/C13H22N4O2S/c1-4-17(7-13(2,3)19)12-9(10(14)16-20-12)11(18)15-8-5-6-8/h8,19H,4-7H2,1-3H3,(H2,14,16)(H,15,18). The fourth-order valence-corrected chi connectivity index (χ4v) is 2.88. The summed E-state index contributed by atoms with van der Waals surface area (Å²) < 4.78 is 4.10. The summed E-state index contributed by atoms with van der Waals surface area (Å²) in [5, 5.41) is 13.6. The fraction of sp³-hybridized carbons (Fsp3) is 0.692. The van der Waals surface area contributed by atoms with Crippen LogP contribution in [-0.2, 0) is 0 Å². The highest BCUT2D eigenvalue weighted by Crippen LogP contribution is 2.32. The van der Waals surface area contributed by atoms with E-state index < -0.39 is 5.60 Å². The Labute approximate surface area is 123 Å². The van der Waals surface area contributed by atoms with Gasteiger partial charge in [0, 0.05) is 19.1 Å². The average Bonchev–Trinajstić information content (AvgIpc) is 3.06. The molecule has 0 aromatic carbocycles. The molecule has 0 bridgehead atoms. The van der Waals surface area contributed by atoms with Crippen molar-refractivity contribution in [1.29, 1.82) is 0 Å². The molecule has 2 rings (SSSR count). The average molecular weight is 298 g/mol. The van der Waals surface area contributed by atoms with Crippen LogP contribution in [0.25, 0.3) is 0 Å². The molecule has 0 spiro atoms. The molecule has 1 aliphatic carbocycles. The molecule has 0 aliphatic heterocycles. The van der Waals surface area contributed by atoms with Crippen molar-refractivity contribution < 1.29 is 9.90 Å². The maximum absolute atomic E-state index is 12.3. The summed E-state index contributed by atoms with van der Waals surface area (Å²) in [6.45, 7) is 6.56. The van der Waals surface area contributed by atoms with Crippen LogP contribution < -0.4 is 16.0 Å². The van der Waals surface area contributed by atoms with Gasteiger partial charge in [0.05, 0.1) is 5.60 Å². The molecule has 1 amide bonds. The monoisotopic (exact) mass is 298 g/mol. The molecule has 1 aliphatic rings. The van der Waals surface area contributed by atoms with Crippen molar-refractivity contribution in [2.24, 2.45) is 0 Å². The van der Waals surface area contributed by atoms with E-state index in [9.17, 15) is 9.90 Å². The second-order valence-corrected chi connectivity index (χ2v) is 6.57. The number of hydrogen-bond acceptors (Lipinski definition) is 6. The van der Waals surface area contributed by atoms with Crippen LogP contribution in [0.1, 0.15) is 44.0 Å². The van der Waals surface area contributed by atoms with Crippen LogP contribution in [0.5, 0.6) is 0 Å². The van der Waals surface area contributed by atoms with Crippen LogP contribution in [0.3, 0.4) is 0 Å². The number of hydrogen-bond donors (Lipinski definition) is 3. The SMILES string of the molecule is CCN(CC(C)(C)O)c1snc(N)c1C(=O)NC1CC1. The third-order valence-corrected chi connectivity index (χ3v) is 4.01. The number of aromatic nitrogens is 1. The molecule has 1 aromatic rings. The Hall–Kier alpha value is -1.34. The predicted octanol–water partition coefficient (Wildman–Crippen LogP) is 1.21. The lowest BCUT2D eigenvalue weighted by Gasteiger charge is -2.29. The zero-order valence-corrected chi connectivity index (χ0v) is 13.0. The van der Waals surface area contributed by atoms with E-state index in [-0.39, 0.29) is 17.8 Å². The molecule has 0 atom stereocenters. The van der Waals surface area contributed by atoms with Crippen molar-refractivity contribution >= 4 is 28.3 Å². The number of aliphatic hydroxyl groups is 1. The van der Waals surface area contributed by atoms with Crippen molar-refractivity contribution in [2.75, 3.05) is 23.7 Å². The second kappa shape index (κ2) is 5.57. The Morgan fingerprint density at radius 2 is 2.25 bits per heavy atom. The number of amides is 1. The summed E-state index contributed by atoms with van der Waals surface area (Å²) in [7, 11) is 0. The molecule has 20 heavy (non-hydrogen) atoms. The van der Waals surface area contributed by atoms with E-state index >= 15 is 0 Å². The largest absolute Gasteiger partial charge is 0.389 e. The van der Waals surface area contributed by atoms with Gasteiger partial charge in [-0.3, -0.25) is 4.79 Å². The summed E-state index contributed by atoms with van der Waals surface area (Å²) in [6, 6.07) is 0.277. The zero-order chi connectivity index (χ0) is 14.9. The molecule has 0 radical (unpaired) electrons. The maximum atomic E-state index is 12.3. The third kappa shape index (κ3) is 3.61. The summed E-state index contributed by atoms with van der Waals surface area (Å²) in [6.07, 6.45) is 2.05. The van der Waals surface area contributed by atoms with Gasteiger partial charge in [0.25, 0.3) is 5.91 Å². The topological polar surface area (TPSA) is 91.5 Å². The first-order valence-electron chi connectivity index (χ1n) is 6.85. The van der Waals surface area contributed by atoms with Gasteiger partial charge in [-0.25, -0.2) is 0 Å². The van der Waals surface area contributed by atoms with E-state index in [0.29, 0.717) is 18.7 Å². The van der Waals surface area contributed by atoms with Gasteiger partial charge in [-0.2, -0.15) is 4.37 Å². The Morgan fingerprint density at radius 1 is 1.60 bits per heavy atom. The van der Waals surface area contributed by atoms with Crippen LogP contribution in [0.2, 0.25) is 0 Å². The van der Waals surface area contributed by atoms with Crippen molar-refractivity contribution in [3.05, 3.63) is 5.56 Å². The van der Waals surface area contributed by atoms with E-state index in [1.54, 1.807) is 13.8 Å². The summed E-state index contributed by atoms with van der Waals surface area (Å²) in [5.41, 5.74) is 5.43. The van der Waals surface area contributed by atoms with Crippen LogP contribution in [0.4, 0.5) is 10.8 Å². The second-order valence-electron chi connectivity index (χ2n) is 5.82. The first-order valence-corrected chi connectivity index (χ1v) is 7.62. The smallest absolute Gasteiger partial charge is 0.258 e. The fourth-order valence-electron chi connectivity index (χ4n) is 2.00. The van der Waals surface area contributed by atoms with Gasteiger partial charge in [-0.15, -0.1) is 0 Å². The maximum Gasteiger partial charge on any atom is 0.258 e. The van der Waals surface area contributed by atoms with E-state index in [1.807, 2.05) is 11.8 Å². The molecule has 1 saturated carbocycles. The Kier molecular flexibility index (Phi) is 4.19. The Balaban J connectivity index is 2.23. The number of likely N-dealkylation sites (N-methyl/N-ethyl adjacent to an activating group) is 1. The molecule has 6 nitrogen and oxygen atoms in total. The molecule has 112 valence electrons. The first-order chi connectivity index (χ1) is 9.31. The van der Waals surface area contributed by atoms with Gasteiger partial charge in [0.2, 0.25) is 0 Å². The van der Waals surface area contributed by atoms with E-state index in [1.165, 1.54) is 11.5 Å². The minimum absolute atomic E-state index is 0.164. The van der Waals surface area contributed by atoms with Gasteiger partial charge in [0.1, 0.15) is 10.6 Å². The van der Waals surface area contributed by atoms with Crippen molar-refractivity contribution in [3.8, 4) is 0 Å². The molecule has 0 unspecified atom stereocenters. The number of nitrogens with two attached hydrogens (primary N) is 1. The minimum atomic E-state index is -0.848. The first kappa shape index (κ1) is 15.1. The van der Waals surface area contributed by atoms with Gasteiger partial charge in [-0.1, -0.05) is 0 Å². The van der Waals surface area contributed by atoms with Crippen LogP contribution in [-0.4, -0.2) is 40.1 Å². The highest BCUT2D eigenvalue weighted by Gasteiger charge is 2.30. The number of carbonyl (C=O) groups is 1. The van der Waals surface area contributed by atoms with Crippen molar-refractivity contribution in [1.82, 2.24) is 9.69 Å². The van der Waals surface area contributed by atoms with Crippen molar-refractivity contribution in [3.63, 3.8) is 0 Å². The summed E-state index contributed by atoms with van der Waals surface area (Å²) in [5.74, 6) is 0.0975. The van der Waals surface area contributed by atoms with Gasteiger partial charge in [-0.05, 0) is 45.1 Å². The third-order valence-electron chi connectivity index (χ3n) is 3.09. The molecule has 4 N–H and O–H groups in total. The Bertz CT molecular complexity index is 491. The van der Waals surface area contributed by atoms with Crippen LogP contribution in [0, 0.1) is 0 Å². The Morgan fingerprint density at radius 3 is 2.75 bits per heavy atom. The summed E-state index contributed by atoms with van der Waals surface area (Å²) in [4.78, 5) is 14.2. The lowest BCUT2D eigenvalue weighted by atomic mass is 10.1.